The summed E-state index contributed by atoms with van der Waals surface area (Å²) in [5, 5.41) is 7.05. The van der Waals surface area contributed by atoms with E-state index in [-0.39, 0.29) is 5.92 Å². The molecule has 5 aromatic carbocycles. The highest BCUT2D eigenvalue weighted by atomic mass is 16.5. The number of nitrogens with zero attached hydrogens (tertiary/aromatic N) is 2. The second kappa shape index (κ2) is 11.8. The van der Waals surface area contributed by atoms with Gasteiger partial charge in [0.25, 0.3) is 0 Å². The molecule has 0 unspecified atom stereocenters. The maximum absolute atomic E-state index is 6.67. The quantitative estimate of drug-likeness (QED) is 0.147. The van der Waals surface area contributed by atoms with Gasteiger partial charge in [0.2, 0.25) is 0 Å². The molecule has 0 radical (unpaired) electrons. The Morgan fingerprint density at radius 1 is 0.659 bits per heavy atom. The third-order valence-electron chi connectivity index (χ3n) is 7.11. The molecule has 0 aromatic heterocycles. The topological polar surface area (TPSA) is 43.3 Å². The zero-order chi connectivity index (χ0) is 28.0. The maximum atomic E-state index is 6.67. The molecule has 41 heavy (non-hydrogen) atoms. The first-order valence-corrected chi connectivity index (χ1v) is 13.5. The van der Waals surface area contributed by atoms with Crippen LogP contribution in [0.25, 0.3) is 5.76 Å². The minimum absolute atomic E-state index is 0.110. The van der Waals surface area contributed by atoms with Gasteiger partial charge in [-0.3, -0.25) is 0 Å². The third-order valence-corrected chi connectivity index (χ3v) is 7.11. The van der Waals surface area contributed by atoms with Gasteiger partial charge in [-0.25, -0.2) is 5.01 Å². The Morgan fingerprint density at radius 2 is 1.24 bits per heavy atom. The number of anilines is 2. The van der Waals surface area contributed by atoms with Crippen LogP contribution < -0.4 is 19.2 Å². The smallest absolute Gasteiger partial charge is 0.161 e. The van der Waals surface area contributed by atoms with E-state index in [9.17, 15) is 0 Å². The number of hydrogen-bond donors (Lipinski definition) is 0. The van der Waals surface area contributed by atoms with Gasteiger partial charge in [-0.05, 0) is 54.1 Å². The summed E-state index contributed by atoms with van der Waals surface area (Å²) in [4.78, 5) is 0. The van der Waals surface area contributed by atoms with Gasteiger partial charge in [0.1, 0.15) is 11.5 Å². The largest absolute Gasteiger partial charge is 0.493 e. The monoisotopic (exact) mass is 538 g/mol. The molecule has 202 valence electrons. The van der Waals surface area contributed by atoms with E-state index in [0.717, 1.165) is 39.4 Å². The maximum Gasteiger partial charge on any atom is 0.161 e. The summed E-state index contributed by atoms with van der Waals surface area (Å²) < 4.78 is 17.8. The summed E-state index contributed by atoms with van der Waals surface area (Å²) in [6.45, 7) is 0. The van der Waals surface area contributed by atoms with Crippen LogP contribution in [0.3, 0.4) is 0 Å². The standard InChI is InChI=1S/C36H30N2O3/c1-39-33-23-22-27(24-34(33)40-2)36-31(25-37-38(28-16-8-4-9-17-28)29-18-10-5-11-19-29)35(26-14-6-3-7-15-26)30-20-12-13-21-32(30)41-36/h3-25,35H,1-2H3/b37-25-/t35-/m1/s1. The van der Waals surface area contributed by atoms with Crippen molar-refractivity contribution < 1.29 is 14.2 Å². The van der Waals surface area contributed by atoms with Crippen LogP contribution in [0.1, 0.15) is 22.6 Å². The highest BCUT2D eigenvalue weighted by molar-refractivity contribution is 5.95. The van der Waals surface area contributed by atoms with E-state index in [2.05, 4.69) is 60.7 Å². The first-order valence-electron chi connectivity index (χ1n) is 13.5. The molecule has 0 saturated carbocycles. The molecule has 1 heterocycles. The van der Waals surface area contributed by atoms with E-state index < -0.39 is 0 Å². The molecule has 5 aromatic rings. The van der Waals surface area contributed by atoms with Crippen LogP contribution in [0, 0.1) is 0 Å². The van der Waals surface area contributed by atoms with Crippen LogP contribution in [0.15, 0.2) is 144 Å². The van der Waals surface area contributed by atoms with Gasteiger partial charge in [0, 0.05) is 22.6 Å². The predicted octanol–water partition coefficient (Wildman–Crippen LogP) is 8.46. The number of hydrazone groups is 1. The first kappa shape index (κ1) is 26.0. The summed E-state index contributed by atoms with van der Waals surface area (Å²) in [7, 11) is 3.27. The minimum atomic E-state index is -0.110. The molecule has 1 aliphatic heterocycles. The summed E-state index contributed by atoms with van der Waals surface area (Å²) >= 11 is 0. The lowest BCUT2D eigenvalue weighted by atomic mass is 9.81. The lowest BCUT2D eigenvalue weighted by Gasteiger charge is -2.30. The highest BCUT2D eigenvalue weighted by Gasteiger charge is 2.31. The average molecular weight is 539 g/mol. The van der Waals surface area contributed by atoms with Crippen molar-refractivity contribution in [3.8, 4) is 17.2 Å². The van der Waals surface area contributed by atoms with Crippen molar-refractivity contribution in [2.45, 2.75) is 5.92 Å². The number of methoxy groups -OCH3 is 2. The second-order valence-electron chi connectivity index (χ2n) is 9.57. The van der Waals surface area contributed by atoms with Crippen LogP contribution in [-0.4, -0.2) is 20.4 Å². The van der Waals surface area contributed by atoms with Gasteiger partial charge in [-0.1, -0.05) is 84.9 Å². The molecule has 5 heteroatoms. The van der Waals surface area contributed by atoms with Crippen LogP contribution in [0.5, 0.6) is 17.2 Å². The Morgan fingerprint density at radius 3 is 1.88 bits per heavy atom. The van der Waals surface area contributed by atoms with Gasteiger partial charge in [0.15, 0.2) is 11.5 Å². The molecule has 6 rings (SSSR count). The SMILES string of the molecule is COc1ccc(C2=C(/C=N\N(c3ccccc3)c3ccccc3)[C@H](c3ccccc3)c3ccccc3O2)cc1OC. The first-order chi connectivity index (χ1) is 20.3. The molecular formula is C36H30N2O3. The number of hydrogen-bond acceptors (Lipinski definition) is 5. The Labute approximate surface area is 240 Å². The second-order valence-corrected chi connectivity index (χ2v) is 9.57. The van der Waals surface area contributed by atoms with E-state index >= 15 is 0 Å². The molecule has 0 saturated heterocycles. The number of fused-ring (bicyclic) bond motifs is 1. The van der Waals surface area contributed by atoms with Gasteiger partial charge < -0.3 is 14.2 Å². The number of para-hydroxylation sites is 3. The molecule has 0 amide bonds. The van der Waals surface area contributed by atoms with Crippen molar-refractivity contribution in [3.05, 3.63) is 156 Å². The van der Waals surface area contributed by atoms with Crippen molar-refractivity contribution in [1.29, 1.82) is 0 Å². The number of rotatable bonds is 8. The normalized spacial score (nSPS) is 14.3. The number of allylic oxidation sites excluding steroid dienone is 1. The molecule has 0 aliphatic carbocycles. The van der Waals surface area contributed by atoms with Crippen LogP contribution in [0.4, 0.5) is 11.4 Å². The third kappa shape index (κ3) is 5.30. The zero-order valence-corrected chi connectivity index (χ0v) is 23.0. The van der Waals surface area contributed by atoms with Crippen molar-refractivity contribution in [2.75, 3.05) is 19.2 Å². The Balaban J connectivity index is 1.58. The summed E-state index contributed by atoms with van der Waals surface area (Å²) in [5.41, 5.74) is 5.93. The summed E-state index contributed by atoms with van der Waals surface area (Å²) in [6.07, 6.45) is 1.93. The fourth-order valence-electron chi connectivity index (χ4n) is 5.16. The van der Waals surface area contributed by atoms with Crippen LogP contribution >= 0.6 is 0 Å². The fourth-order valence-corrected chi connectivity index (χ4v) is 5.16. The van der Waals surface area contributed by atoms with E-state index in [1.807, 2.05) is 84.0 Å². The Hall–Kier alpha value is -5.29. The zero-order valence-electron chi connectivity index (χ0n) is 23.0. The average Bonchev–Trinajstić information content (AvgIpc) is 3.05. The van der Waals surface area contributed by atoms with Crippen LogP contribution in [0.2, 0.25) is 0 Å². The van der Waals surface area contributed by atoms with Gasteiger partial charge in [-0.2, -0.15) is 5.10 Å². The van der Waals surface area contributed by atoms with E-state index in [4.69, 9.17) is 19.3 Å². The Kier molecular flexibility index (Phi) is 7.50. The van der Waals surface area contributed by atoms with Crippen molar-refractivity contribution in [2.24, 2.45) is 5.10 Å². The molecular weight excluding hydrogens is 508 g/mol. The highest BCUT2D eigenvalue weighted by Crippen LogP contribution is 2.46. The molecule has 0 fully saturated rings. The Bertz CT molecular complexity index is 1640. The van der Waals surface area contributed by atoms with Crippen LogP contribution in [-0.2, 0) is 0 Å². The van der Waals surface area contributed by atoms with Crippen molar-refractivity contribution in [3.63, 3.8) is 0 Å². The summed E-state index contributed by atoms with van der Waals surface area (Å²) in [6, 6.07) is 44.8. The molecule has 5 nitrogen and oxygen atoms in total. The summed E-state index contributed by atoms with van der Waals surface area (Å²) in [5.74, 6) is 2.70. The predicted molar refractivity (Wildman–Crippen MR) is 165 cm³/mol. The van der Waals surface area contributed by atoms with Gasteiger partial charge >= 0.3 is 0 Å². The lowest BCUT2D eigenvalue weighted by molar-refractivity contribution is 0.354. The van der Waals surface area contributed by atoms with Gasteiger partial charge in [0.05, 0.1) is 31.8 Å². The van der Waals surface area contributed by atoms with Crippen molar-refractivity contribution >= 4 is 23.3 Å². The molecule has 1 aliphatic rings. The van der Waals surface area contributed by atoms with Crippen molar-refractivity contribution in [1.82, 2.24) is 0 Å². The molecule has 0 N–H and O–H groups in total. The van der Waals surface area contributed by atoms with E-state index in [0.29, 0.717) is 17.3 Å². The fraction of sp³-hybridized carbons (Fsp3) is 0.0833. The molecule has 0 bridgehead atoms. The number of benzene rings is 5. The van der Waals surface area contributed by atoms with E-state index in [1.54, 1.807) is 14.2 Å². The molecule has 1 atom stereocenters. The van der Waals surface area contributed by atoms with Gasteiger partial charge in [-0.15, -0.1) is 0 Å². The minimum Gasteiger partial charge on any atom is -0.493 e. The number of ether oxygens (including phenoxy) is 3. The van der Waals surface area contributed by atoms with E-state index in [1.165, 1.54) is 0 Å². The molecule has 0 spiro atoms. The lowest BCUT2D eigenvalue weighted by Crippen LogP contribution is -2.19.